The maximum Gasteiger partial charge on any atom is 0.387 e. The molecule has 1 heterocycles. The van der Waals surface area contributed by atoms with Crippen molar-refractivity contribution in [1.29, 1.82) is 0 Å². The molecule has 0 bridgehead atoms. The Hall–Kier alpha value is -2.74. The number of alkyl halides is 2. The molecule has 1 aromatic heterocycles. The van der Waals surface area contributed by atoms with Crippen molar-refractivity contribution in [1.82, 2.24) is 10.2 Å². The molecule has 0 saturated heterocycles. The van der Waals surface area contributed by atoms with Crippen molar-refractivity contribution < 1.29 is 22.7 Å². The van der Waals surface area contributed by atoms with Gasteiger partial charge in [0.1, 0.15) is 5.75 Å². The van der Waals surface area contributed by atoms with Crippen LogP contribution in [0.15, 0.2) is 46.0 Å². The highest BCUT2D eigenvalue weighted by molar-refractivity contribution is 7.99. The first kappa shape index (κ1) is 20.0. The lowest BCUT2D eigenvalue weighted by molar-refractivity contribution is -0.0501. The van der Waals surface area contributed by atoms with Gasteiger partial charge < -0.3 is 9.15 Å². The molecule has 0 aliphatic rings. The second-order valence-electron chi connectivity index (χ2n) is 6.26. The molecule has 0 aliphatic heterocycles. The van der Waals surface area contributed by atoms with Crippen molar-refractivity contribution in [3.8, 4) is 17.2 Å². The first-order valence-corrected chi connectivity index (χ1v) is 9.44. The van der Waals surface area contributed by atoms with E-state index in [9.17, 15) is 13.6 Å². The summed E-state index contributed by atoms with van der Waals surface area (Å²) in [5.74, 6) is -0.199. The first-order chi connectivity index (χ1) is 13.3. The standard InChI is InChI=1S/C20H18F2N2O3S/c1-11-4-7-17(26-19(21)22)15(8-11)16(25)10-28-20-24-23-18(27-20)14-6-5-12(2)13(3)9-14/h4-9,19H,10H2,1-3H3. The highest BCUT2D eigenvalue weighted by Crippen LogP contribution is 2.27. The van der Waals surface area contributed by atoms with Crippen LogP contribution in [-0.2, 0) is 0 Å². The van der Waals surface area contributed by atoms with Gasteiger partial charge in [0, 0.05) is 5.56 Å². The molecule has 0 radical (unpaired) electrons. The molecular weight excluding hydrogens is 386 g/mol. The summed E-state index contributed by atoms with van der Waals surface area (Å²) in [5, 5.41) is 8.18. The van der Waals surface area contributed by atoms with E-state index in [0.717, 1.165) is 34.0 Å². The highest BCUT2D eigenvalue weighted by Gasteiger charge is 2.18. The van der Waals surface area contributed by atoms with Gasteiger partial charge in [0.05, 0.1) is 11.3 Å². The average molecular weight is 404 g/mol. The van der Waals surface area contributed by atoms with Gasteiger partial charge in [0.2, 0.25) is 5.89 Å². The summed E-state index contributed by atoms with van der Waals surface area (Å²) in [7, 11) is 0. The smallest absolute Gasteiger partial charge is 0.387 e. The molecule has 0 amide bonds. The Labute approximate surface area is 165 Å². The van der Waals surface area contributed by atoms with E-state index in [1.807, 2.05) is 32.0 Å². The number of ether oxygens (including phenoxy) is 1. The van der Waals surface area contributed by atoms with Gasteiger partial charge in [-0.25, -0.2) is 0 Å². The van der Waals surface area contributed by atoms with Crippen molar-refractivity contribution in [3.05, 3.63) is 58.7 Å². The van der Waals surface area contributed by atoms with Crippen molar-refractivity contribution in [3.63, 3.8) is 0 Å². The third-order valence-corrected chi connectivity index (χ3v) is 4.96. The Morgan fingerprint density at radius 3 is 2.61 bits per heavy atom. The van der Waals surface area contributed by atoms with E-state index < -0.39 is 6.61 Å². The number of aromatic nitrogens is 2. The number of rotatable bonds is 7. The van der Waals surface area contributed by atoms with Gasteiger partial charge >= 0.3 is 6.61 Å². The molecule has 0 aliphatic carbocycles. The zero-order valence-electron chi connectivity index (χ0n) is 15.5. The summed E-state index contributed by atoms with van der Waals surface area (Å²) >= 11 is 1.05. The molecule has 0 unspecified atom stereocenters. The third kappa shape index (κ3) is 4.75. The Kier molecular flexibility index (Phi) is 6.08. The zero-order valence-corrected chi connectivity index (χ0v) is 16.3. The summed E-state index contributed by atoms with van der Waals surface area (Å²) in [5.41, 5.74) is 3.92. The van der Waals surface area contributed by atoms with E-state index in [1.165, 1.54) is 12.1 Å². The van der Waals surface area contributed by atoms with E-state index in [2.05, 4.69) is 14.9 Å². The second kappa shape index (κ2) is 8.52. The van der Waals surface area contributed by atoms with Gasteiger partial charge in [-0.15, -0.1) is 10.2 Å². The Morgan fingerprint density at radius 2 is 1.89 bits per heavy atom. The molecular formula is C20H18F2N2O3S. The number of hydrogen-bond donors (Lipinski definition) is 0. The van der Waals surface area contributed by atoms with Crippen molar-refractivity contribution in [2.24, 2.45) is 0 Å². The topological polar surface area (TPSA) is 65.2 Å². The van der Waals surface area contributed by atoms with E-state index in [0.29, 0.717) is 5.89 Å². The van der Waals surface area contributed by atoms with Crippen LogP contribution in [0.5, 0.6) is 5.75 Å². The Morgan fingerprint density at radius 1 is 1.11 bits per heavy atom. The Balaban J connectivity index is 1.71. The molecule has 0 fully saturated rings. The number of halogens is 2. The fourth-order valence-electron chi connectivity index (χ4n) is 2.52. The van der Waals surface area contributed by atoms with E-state index >= 15 is 0 Å². The lowest BCUT2D eigenvalue weighted by Crippen LogP contribution is -2.10. The number of carbonyl (C=O) groups is 1. The fourth-order valence-corrected chi connectivity index (χ4v) is 3.17. The van der Waals surface area contributed by atoms with E-state index in [4.69, 9.17) is 4.42 Å². The molecule has 28 heavy (non-hydrogen) atoms. The summed E-state index contributed by atoms with van der Waals surface area (Å²) < 4.78 is 35.2. The lowest BCUT2D eigenvalue weighted by Gasteiger charge is -2.10. The number of aryl methyl sites for hydroxylation is 3. The fraction of sp³-hybridized carbons (Fsp3) is 0.250. The van der Waals surface area contributed by atoms with Gasteiger partial charge in [-0.2, -0.15) is 8.78 Å². The minimum Gasteiger partial charge on any atom is -0.434 e. The van der Waals surface area contributed by atoms with Crippen LogP contribution in [0.1, 0.15) is 27.0 Å². The quantitative estimate of drug-likeness (QED) is 0.396. The number of carbonyl (C=O) groups excluding carboxylic acids is 1. The van der Waals surface area contributed by atoms with Crippen LogP contribution in [0.2, 0.25) is 0 Å². The summed E-state index contributed by atoms with van der Waals surface area (Å²) in [6.07, 6.45) is 0. The van der Waals surface area contributed by atoms with Gasteiger partial charge in [0.25, 0.3) is 5.22 Å². The molecule has 0 saturated carbocycles. The molecule has 3 aromatic rings. The number of nitrogens with zero attached hydrogens (tertiary/aromatic N) is 2. The number of hydrogen-bond acceptors (Lipinski definition) is 6. The number of Topliss-reactive ketones (excluding diaryl/α,β-unsaturated/α-hetero) is 1. The molecule has 5 nitrogen and oxygen atoms in total. The van der Waals surface area contributed by atoms with Crippen molar-refractivity contribution in [2.75, 3.05) is 5.75 Å². The third-order valence-electron chi connectivity index (χ3n) is 4.14. The second-order valence-corrected chi connectivity index (χ2v) is 7.19. The van der Waals surface area contributed by atoms with Crippen molar-refractivity contribution >= 4 is 17.5 Å². The van der Waals surface area contributed by atoms with Gasteiger partial charge in [-0.1, -0.05) is 29.5 Å². The molecule has 8 heteroatoms. The van der Waals surface area contributed by atoms with Gasteiger partial charge in [0.15, 0.2) is 5.78 Å². The normalized spacial score (nSPS) is 11.1. The average Bonchev–Trinajstić information content (AvgIpc) is 3.12. The van der Waals surface area contributed by atoms with Crippen LogP contribution >= 0.6 is 11.8 Å². The molecule has 146 valence electrons. The SMILES string of the molecule is Cc1ccc(OC(F)F)c(C(=O)CSc2nnc(-c3ccc(C)c(C)c3)o2)c1. The van der Waals surface area contributed by atoms with Crippen LogP contribution in [0.4, 0.5) is 8.78 Å². The van der Waals surface area contributed by atoms with Crippen LogP contribution < -0.4 is 4.74 Å². The van der Waals surface area contributed by atoms with E-state index in [-0.39, 0.29) is 28.1 Å². The summed E-state index contributed by atoms with van der Waals surface area (Å²) in [6, 6.07) is 10.3. The van der Waals surface area contributed by atoms with Crippen LogP contribution in [-0.4, -0.2) is 28.3 Å². The Bertz CT molecular complexity index is 1000. The lowest BCUT2D eigenvalue weighted by atomic mass is 10.1. The number of benzene rings is 2. The van der Waals surface area contributed by atoms with Gasteiger partial charge in [-0.05, 0) is 56.2 Å². The monoisotopic (exact) mass is 404 g/mol. The maximum absolute atomic E-state index is 12.6. The largest absolute Gasteiger partial charge is 0.434 e. The molecule has 0 spiro atoms. The van der Waals surface area contributed by atoms with Gasteiger partial charge in [-0.3, -0.25) is 4.79 Å². The minimum atomic E-state index is -3.00. The predicted molar refractivity (Wildman–Crippen MR) is 102 cm³/mol. The highest BCUT2D eigenvalue weighted by atomic mass is 32.2. The van der Waals surface area contributed by atoms with Crippen molar-refractivity contribution in [2.45, 2.75) is 32.6 Å². The number of ketones is 1. The molecule has 2 aromatic carbocycles. The molecule has 3 rings (SSSR count). The zero-order chi connectivity index (χ0) is 20.3. The predicted octanol–water partition coefficient (Wildman–Crippen LogP) is 5.24. The molecule has 0 atom stereocenters. The van der Waals surface area contributed by atoms with E-state index in [1.54, 1.807) is 13.0 Å². The molecule has 0 N–H and O–H groups in total. The summed E-state index contributed by atoms with van der Waals surface area (Å²) in [6.45, 7) is 2.77. The maximum atomic E-state index is 12.6. The van der Waals surface area contributed by atoms with Crippen LogP contribution in [0.3, 0.4) is 0 Å². The summed E-state index contributed by atoms with van der Waals surface area (Å²) in [4.78, 5) is 12.5. The minimum absolute atomic E-state index is 0.0440. The van der Waals surface area contributed by atoms with Crippen LogP contribution in [0, 0.1) is 20.8 Å². The first-order valence-electron chi connectivity index (χ1n) is 8.46. The van der Waals surface area contributed by atoms with Crippen LogP contribution in [0.25, 0.3) is 11.5 Å². The number of thioether (sulfide) groups is 1.